The van der Waals surface area contributed by atoms with Crippen molar-refractivity contribution in [2.24, 2.45) is 0 Å². The first-order valence-electron chi connectivity index (χ1n) is 9.87. The Morgan fingerprint density at radius 3 is 2.74 bits per heavy atom. The molecular weight excluding hydrogens is 416 g/mol. The fourth-order valence-electron chi connectivity index (χ4n) is 3.83. The molecule has 2 fully saturated rings. The van der Waals surface area contributed by atoms with Crippen molar-refractivity contribution in [1.29, 1.82) is 0 Å². The van der Waals surface area contributed by atoms with Crippen LogP contribution in [0.2, 0.25) is 0 Å². The van der Waals surface area contributed by atoms with Crippen molar-refractivity contribution in [1.82, 2.24) is 19.9 Å². The lowest BCUT2D eigenvalue weighted by atomic mass is 10.0. The average molecular weight is 434 g/mol. The number of carbonyl (C=O) groups excluding carboxylic acids is 1. The van der Waals surface area contributed by atoms with Crippen LogP contribution in [0.5, 0.6) is 0 Å². The molecule has 1 saturated carbocycles. The SMILES string of the molecule is O=C(Nc1c(F)nn2ccc(N3C[C@@H](F)C[C@@H]3c3cc(F)ccc3F)nc12)NC1CC1. The molecule has 2 aliphatic rings. The molecule has 2 N–H and O–H groups in total. The van der Waals surface area contributed by atoms with Crippen LogP contribution in [0.1, 0.15) is 30.9 Å². The van der Waals surface area contributed by atoms with Crippen molar-refractivity contribution in [3.8, 4) is 0 Å². The third-order valence-electron chi connectivity index (χ3n) is 5.44. The summed E-state index contributed by atoms with van der Waals surface area (Å²) in [6.45, 7) is -0.0919. The molecule has 2 aromatic heterocycles. The molecule has 0 spiro atoms. The quantitative estimate of drug-likeness (QED) is 0.614. The summed E-state index contributed by atoms with van der Waals surface area (Å²) in [6.07, 6.45) is 1.81. The number of rotatable bonds is 4. The van der Waals surface area contributed by atoms with Gasteiger partial charge in [0, 0.05) is 24.2 Å². The van der Waals surface area contributed by atoms with Crippen LogP contribution in [0.3, 0.4) is 0 Å². The number of aromatic nitrogens is 3. The summed E-state index contributed by atoms with van der Waals surface area (Å²) in [4.78, 5) is 17.9. The Hall–Kier alpha value is -3.37. The number of urea groups is 1. The number of nitrogens with one attached hydrogen (secondary N) is 2. The van der Waals surface area contributed by atoms with Gasteiger partial charge in [-0.2, -0.15) is 4.39 Å². The molecule has 162 valence electrons. The molecule has 3 aromatic rings. The summed E-state index contributed by atoms with van der Waals surface area (Å²) in [5, 5.41) is 8.79. The van der Waals surface area contributed by atoms with E-state index in [4.69, 9.17) is 0 Å². The second-order valence-electron chi connectivity index (χ2n) is 7.76. The molecule has 1 aliphatic carbocycles. The topological polar surface area (TPSA) is 74.6 Å². The fourth-order valence-corrected chi connectivity index (χ4v) is 3.83. The highest BCUT2D eigenvalue weighted by atomic mass is 19.1. The van der Waals surface area contributed by atoms with Gasteiger partial charge in [-0.25, -0.2) is 27.5 Å². The second kappa shape index (κ2) is 7.40. The summed E-state index contributed by atoms with van der Waals surface area (Å²) in [5.74, 6) is -1.98. The maximum atomic E-state index is 14.4. The van der Waals surface area contributed by atoms with Gasteiger partial charge in [-0.15, -0.1) is 5.10 Å². The number of halogens is 4. The summed E-state index contributed by atoms with van der Waals surface area (Å²) >= 11 is 0. The first-order valence-corrected chi connectivity index (χ1v) is 9.87. The Kier molecular flexibility index (Phi) is 4.67. The van der Waals surface area contributed by atoms with E-state index in [-0.39, 0.29) is 41.7 Å². The van der Waals surface area contributed by atoms with E-state index in [1.165, 1.54) is 17.2 Å². The summed E-state index contributed by atoms with van der Waals surface area (Å²) in [7, 11) is 0. The van der Waals surface area contributed by atoms with E-state index in [0.717, 1.165) is 35.6 Å². The minimum Gasteiger partial charge on any atom is -0.346 e. The molecule has 0 unspecified atom stereocenters. The van der Waals surface area contributed by atoms with Gasteiger partial charge in [-0.05, 0) is 37.1 Å². The highest BCUT2D eigenvalue weighted by Crippen LogP contribution is 2.38. The molecule has 1 aromatic carbocycles. The summed E-state index contributed by atoms with van der Waals surface area (Å²) in [6, 6.07) is 3.22. The molecule has 0 bridgehead atoms. The van der Waals surface area contributed by atoms with E-state index in [1.807, 2.05) is 0 Å². The van der Waals surface area contributed by atoms with Crippen molar-refractivity contribution in [2.75, 3.05) is 16.8 Å². The first-order chi connectivity index (χ1) is 14.9. The van der Waals surface area contributed by atoms with Crippen LogP contribution in [-0.4, -0.2) is 39.4 Å². The molecule has 1 aliphatic heterocycles. The fraction of sp³-hybridized carbons (Fsp3) is 0.350. The zero-order valence-electron chi connectivity index (χ0n) is 16.2. The lowest BCUT2D eigenvalue weighted by Gasteiger charge is -2.26. The lowest BCUT2D eigenvalue weighted by molar-refractivity contribution is 0.251. The van der Waals surface area contributed by atoms with Crippen LogP contribution < -0.4 is 15.5 Å². The number of hydrogen-bond donors (Lipinski definition) is 2. The van der Waals surface area contributed by atoms with Gasteiger partial charge in [0.05, 0.1) is 12.6 Å². The van der Waals surface area contributed by atoms with Crippen molar-refractivity contribution in [3.63, 3.8) is 0 Å². The van der Waals surface area contributed by atoms with Crippen LogP contribution in [-0.2, 0) is 0 Å². The molecule has 11 heteroatoms. The standard InChI is InChI=1S/C20H18F4N6O/c21-10-1-4-14(23)13(7-10)15-8-11(22)9-29(15)16-5-6-30-19(26-16)17(18(24)28-30)27-20(31)25-12-2-3-12/h1,4-7,11-12,15H,2-3,8-9H2,(H2,25,27,31)/t11-,15+/m0/s1. The number of fused-ring (bicyclic) bond motifs is 1. The monoisotopic (exact) mass is 434 g/mol. The van der Waals surface area contributed by atoms with Crippen molar-refractivity contribution < 1.29 is 22.4 Å². The highest BCUT2D eigenvalue weighted by Gasteiger charge is 2.36. The van der Waals surface area contributed by atoms with Crippen LogP contribution >= 0.6 is 0 Å². The van der Waals surface area contributed by atoms with Crippen molar-refractivity contribution >= 4 is 23.2 Å². The van der Waals surface area contributed by atoms with E-state index in [2.05, 4.69) is 20.7 Å². The number of carbonyl (C=O) groups is 1. The lowest BCUT2D eigenvalue weighted by Crippen LogP contribution is -2.30. The summed E-state index contributed by atoms with van der Waals surface area (Å²) < 4.78 is 57.9. The van der Waals surface area contributed by atoms with E-state index >= 15 is 0 Å². The molecule has 0 radical (unpaired) electrons. The predicted molar refractivity (Wildman–Crippen MR) is 104 cm³/mol. The normalized spacial score (nSPS) is 21.0. The highest BCUT2D eigenvalue weighted by molar-refractivity contribution is 5.93. The number of amides is 2. The molecular formula is C20H18F4N6O. The van der Waals surface area contributed by atoms with Gasteiger partial charge in [0.25, 0.3) is 5.95 Å². The van der Waals surface area contributed by atoms with Crippen molar-refractivity contribution in [2.45, 2.75) is 37.5 Å². The van der Waals surface area contributed by atoms with Gasteiger partial charge in [0.15, 0.2) is 5.65 Å². The van der Waals surface area contributed by atoms with Gasteiger partial charge in [0.2, 0.25) is 0 Å². The van der Waals surface area contributed by atoms with Crippen LogP contribution in [0.25, 0.3) is 5.65 Å². The van der Waals surface area contributed by atoms with Gasteiger partial charge >= 0.3 is 6.03 Å². The Balaban J connectivity index is 1.50. The van der Waals surface area contributed by atoms with E-state index < -0.39 is 35.8 Å². The maximum absolute atomic E-state index is 14.4. The largest absolute Gasteiger partial charge is 0.346 e. The van der Waals surface area contributed by atoms with Gasteiger partial charge in [0.1, 0.15) is 29.3 Å². The molecule has 31 heavy (non-hydrogen) atoms. The molecule has 3 heterocycles. The number of alkyl halides is 1. The Labute approximate surface area is 174 Å². The van der Waals surface area contributed by atoms with Gasteiger partial charge in [-0.3, -0.25) is 0 Å². The number of anilines is 2. The number of hydrogen-bond acceptors (Lipinski definition) is 4. The Morgan fingerprint density at radius 2 is 1.97 bits per heavy atom. The predicted octanol–water partition coefficient (Wildman–Crippen LogP) is 3.72. The van der Waals surface area contributed by atoms with E-state index in [9.17, 15) is 22.4 Å². The molecule has 2 amide bonds. The minimum atomic E-state index is -1.28. The number of nitrogens with zero attached hydrogens (tertiary/aromatic N) is 4. The third kappa shape index (κ3) is 3.75. The zero-order chi connectivity index (χ0) is 21.7. The zero-order valence-corrected chi connectivity index (χ0v) is 16.2. The smallest absolute Gasteiger partial charge is 0.319 e. The Bertz CT molecular complexity index is 1160. The maximum Gasteiger partial charge on any atom is 0.319 e. The third-order valence-corrected chi connectivity index (χ3v) is 5.44. The molecule has 5 rings (SSSR count). The first kappa shape index (κ1) is 19.6. The number of benzene rings is 1. The van der Waals surface area contributed by atoms with Gasteiger partial charge in [-0.1, -0.05) is 0 Å². The van der Waals surface area contributed by atoms with Crippen LogP contribution in [0, 0.1) is 17.6 Å². The Morgan fingerprint density at radius 1 is 1.16 bits per heavy atom. The molecule has 2 atom stereocenters. The van der Waals surface area contributed by atoms with E-state index in [0.29, 0.717) is 0 Å². The molecule has 1 saturated heterocycles. The van der Waals surface area contributed by atoms with Crippen LogP contribution in [0.15, 0.2) is 30.5 Å². The second-order valence-corrected chi connectivity index (χ2v) is 7.76. The van der Waals surface area contributed by atoms with Crippen molar-refractivity contribution in [3.05, 3.63) is 53.6 Å². The van der Waals surface area contributed by atoms with Crippen LogP contribution in [0.4, 0.5) is 33.9 Å². The summed E-state index contributed by atoms with van der Waals surface area (Å²) in [5.41, 5.74) is -0.185. The van der Waals surface area contributed by atoms with E-state index in [1.54, 1.807) is 0 Å². The van der Waals surface area contributed by atoms with Gasteiger partial charge < -0.3 is 15.5 Å². The average Bonchev–Trinajstić information content (AvgIpc) is 3.38. The minimum absolute atomic E-state index is 0.0155. The molecule has 7 nitrogen and oxygen atoms in total.